The summed E-state index contributed by atoms with van der Waals surface area (Å²) in [6.45, 7) is 6.49. The number of nitrogens with zero attached hydrogens (tertiary/aromatic N) is 2. The minimum absolute atomic E-state index is 0.00610. The number of rotatable bonds is 7. The number of likely N-dealkylation sites (N-methyl/N-ethyl adjacent to an activating group) is 1. The fraction of sp³-hybridized carbons (Fsp3) is 0.588. The average Bonchev–Trinajstić information content (AvgIpc) is 2.60. The highest BCUT2D eigenvalue weighted by atomic mass is 16.2. The molecule has 0 aliphatic carbocycles. The number of anilines is 1. The Bertz CT molecular complexity index is 529. The van der Waals surface area contributed by atoms with Crippen LogP contribution < -0.4 is 20.1 Å². The summed E-state index contributed by atoms with van der Waals surface area (Å²) < 4.78 is 0. The van der Waals surface area contributed by atoms with E-state index in [0.717, 1.165) is 43.3 Å². The molecule has 1 aromatic heterocycles. The number of pyridine rings is 1. The van der Waals surface area contributed by atoms with Crippen LogP contribution in [0, 0.1) is 0 Å². The number of piperazine rings is 1. The average molecular weight is 335 g/mol. The van der Waals surface area contributed by atoms with E-state index < -0.39 is 0 Å². The van der Waals surface area contributed by atoms with Crippen molar-refractivity contribution in [3.05, 3.63) is 24.4 Å². The molecule has 1 aliphatic heterocycles. The zero-order valence-electron chi connectivity index (χ0n) is 14.7. The van der Waals surface area contributed by atoms with Gasteiger partial charge in [-0.05, 0) is 12.5 Å². The highest BCUT2D eigenvalue weighted by molar-refractivity contribution is 5.79. The van der Waals surface area contributed by atoms with E-state index in [1.54, 1.807) is 0 Å². The molecule has 0 spiro atoms. The molecule has 1 unspecified atom stereocenters. The van der Waals surface area contributed by atoms with Gasteiger partial charge in [0.25, 0.3) is 17.6 Å². The van der Waals surface area contributed by atoms with Gasteiger partial charge in [0.1, 0.15) is 13.1 Å². The van der Waals surface area contributed by atoms with Crippen LogP contribution in [0.1, 0.15) is 13.3 Å². The number of quaternary nitrogens is 1. The van der Waals surface area contributed by atoms with Gasteiger partial charge in [0.15, 0.2) is 13.1 Å². The summed E-state index contributed by atoms with van der Waals surface area (Å²) >= 11 is 0. The molecule has 0 saturated carbocycles. The molecule has 1 atom stereocenters. The van der Waals surface area contributed by atoms with Crippen LogP contribution in [0.15, 0.2) is 24.4 Å². The Morgan fingerprint density at radius 3 is 2.58 bits per heavy atom. The second kappa shape index (κ2) is 9.22. The predicted molar refractivity (Wildman–Crippen MR) is 91.7 cm³/mol. The van der Waals surface area contributed by atoms with Gasteiger partial charge in [-0.15, -0.1) is 0 Å². The summed E-state index contributed by atoms with van der Waals surface area (Å²) in [5.74, 6) is 1.21. The third kappa shape index (κ3) is 5.49. The Hall–Kier alpha value is -2.15. The van der Waals surface area contributed by atoms with E-state index in [1.807, 2.05) is 43.3 Å². The topological polar surface area (TPSA) is 71.2 Å². The van der Waals surface area contributed by atoms with Gasteiger partial charge in [-0.1, -0.05) is 13.0 Å². The van der Waals surface area contributed by atoms with Gasteiger partial charge in [-0.2, -0.15) is 0 Å². The molecule has 132 valence electrons. The molecular formula is C17H29N5O2+2. The molecule has 2 rings (SSSR count). The maximum Gasteiger partial charge on any atom is 0.278 e. The van der Waals surface area contributed by atoms with E-state index in [-0.39, 0.29) is 11.8 Å². The largest absolute Gasteiger partial charge is 0.351 e. The Morgan fingerprint density at radius 1 is 1.21 bits per heavy atom. The fourth-order valence-corrected chi connectivity index (χ4v) is 2.81. The minimum Gasteiger partial charge on any atom is -0.351 e. The second-order valence-corrected chi connectivity index (χ2v) is 6.28. The lowest BCUT2D eigenvalue weighted by Crippen LogP contribution is -3.11. The zero-order valence-corrected chi connectivity index (χ0v) is 14.7. The molecule has 0 aromatic carbocycles. The quantitative estimate of drug-likeness (QED) is 0.617. The van der Waals surface area contributed by atoms with Crippen LogP contribution in [0.3, 0.4) is 0 Å². The third-order valence-corrected chi connectivity index (χ3v) is 4.15. The molecule has 1 aliphatic rings. The molecule has 0 radical (unpaired) electrons. The van der Waals surface area contributed by atoms with Gasteiger partial charge in [0.05, 0.1) is 26.3 Å². The van der Waals surface area contributed by atoms with Crippen LogP contribution in [0.4, 0.5) is 5.82 Å². The molecular weight excluding hydrogens is 306 g/mol. The number of carbonyl (C=O) groups is 2. The molecule has 1 fully saturated rings. The third-order valence-electron chi connectivity index (χ3n) is 4.15. The van der Waals surface area contributed by atoms with Crippen molar-refractivity contribution in [2.24, 2.45) is 0 Å². The van der Waals surface area contributed by atoms with Crippen molar-refractivity contribution in [3.63, 3.8) is 0 Å². The van der Waals surface area contributed by atoms with Gasteiger partial charge in [-0.3, -0.25) is 14.5 Å². The van der Waals surface area contributed by atoms with Crippen molar-refractivity contribution in [3.8, 4) is 0 Å². The molecule has 7 heteroatoms. The second-order valence-electron chi connectivity index (χ2n) is 6.28. The van der Waals surface area contributed by atoms with Gasteiger partial charge in [0, 0.05) is 12.6 Å². The summed E-state index contributed by atoms with van der Waals surface area (Å²) in [4.78, 5) is 32.4. The maximum atomic E-state index is 12.4. The molecule has 24 heavy (non-hydrogen) atoms. The predicted octanol–water partition coefficient (Wildman–Crippen LogP) is -1.81. The number of aromatic nitrogens is 1. The van der Waals surface area contributed by atoms with Crippen LogP contribution in [0.25, 0.3) is 0 Å². The van der Waals surface area contributed by atoms with Crippen molar-refractivity contribution in [2.45, 2.75) is 13.3 Å². The first-order valence-corrected chi connectivity index (χ1v) is 8.67. The lowest BCUT2D eigenvalue weighted by molar-refractivity contribution is -0.863. The summed E-state index contributed by atoms with van der Waals surface area (Å²) in [6, 6.07) is 6.01. The first-order chi connectivity index (χ1) is 11.6. The molecule has 7 nitrogen and oxygen atoms in total. The number of hydrogen-bond acceptors (Lipinski definition) is 3. The molecule has 1 saturated heterocycles. The standard InChI is InChI=1S/C17H27N5O2/c1-3-7-19-16(23)13-20(2)14-17(24)22-11-9-21(10-12-22)15-6-4-5-8-18-15/h4-6,8H,3,7,9-14H2,1-2H3,(H,19,23)/p+2. The molecule has 0 bridgehead atoms. The number of H-pyrrole nitrogens is 1. The SMILES string of the molecule is CCCNC(=O)C[NH+](C)CC(=O)N1CCN(c2cccc[nH+]2)CC1. The van der Waals surface area contributed by atoms with Gasteiger partial charge in [0.2, 0.25) is 0 Å². The normalized spacial score (nSPS) is 15.9. The highest BCUT2D eigenvalue weighted by Gasteiger charge is 2.27. The van der Waals surface area contributed by atoms with E-state index in [4.69, 9.17) is 0 Å². The van der Waals surface area contributed by atoms with Crippen molar-refractivity contribution < 1.29 is 19.5 Å². The zero-order chi connectivity index (χ0) is 17.4. The van der Waals surface area contributed by atoms with E-state index in [0.29, 0.717) is 19.6 Å². The van der Waals surface area contributed by atoms with E-state index >= 15 is 0 Å². The lowest BCUT2D eigenvalue weighted by atomic mass is 10.3. The monoisotopic (exact) mass is 335 g/mol. The van der Waals surface area contributed by atoms with E-state index in [1.165, 1.54) is 0 Å². The number of aromatic amines is 1. The number of nitrogens with one attached hydrogen (secondary N) is 3. The summed E-state index contributed by atoms with van der Waals surface area (Å²) in [5.41, 5.74) is 0. The number of carbonyl (C=O) groups excluding carboxylic acids is 2. The lowest BCUT2D eigenvalue weighted by Gasteiger charge is -2.31. The number of hydrogen-bond donors (Lipinski definition) is 2. The maximum absolute atomic E-state index is 12.4. The fourth-order valence-electron chi connectivity index (χ4n) is 2.81. The Balaban J connectivity index is 1.73. The first-order valence-electron chi connectivity index (χ1n) is 8.67. The van der Waals surface area contributed by atoms with Crippen LogP contribution in [-0.4, -0.2) is 69.6 Å². The van der Waals surface area contributed by atoms with Crippen molar-refractivity contribution in [1.82, 2.24) is 10.2 Å². The molecule has 1 aromatic rings. The van der Waals surface area contributed by atoms with Crippen LogP contribution in [-0.2, 0) is 9.59 Å². The van der Waals surface area contributed by atoms with Crippen LogP contribution in [0.2, 0.25) is 0 Å². The van der Waals surface area contributed by atoms with Gasteiger partial charge >= 0.3 is 0 Å². The molecule has 2 amide bonds. The smallest absolute Gasteiger partial charge is 0.278 e. The summed E-state index contributed by atoms with van der Waals surface area (Å²) in [6.07, 6.45) is 2.83. The molecule has 2 heterocycles. The number of amides is 2. The Kier molecular flexibility index (Phi) is 6.99. The highest BCUT2D eigenvalue weighted by Crippen LogP contribution is 2.09. The molecule has 3 N–H and O–H groups in total. The van der Waals surface area contributed by atoms with Crippen molar-refractivity contribution in [2.75, 3.05) is 57.8 Å². The van der Waals surface area contributed by atoms with E-state index in [9.17, 15) is 9.59 Å². The van der Waals surface area contributed by atoms with Crippen molar-refractivity contribution >= 4 is 17.6 Å². The first kappa shape index (κ1) is 18.2. The van der Waals surface area contributed by atoms with Gasteiger partial charge < -0.3 is 15.1 Å². The van der Waals surface area contributed by atoms with Crippen LogP contribution in [0.5, 0.6) is 0 Å². The van der Waals surface area contributed by atoms with Crippen LogP contribution >= 0.6 is 0 Å². The summed E-state index contributed by atoms with van der Waals surface area (Å²) in [7, 11) is 1.89. The summed E-state index contributed by atoms with van der Waals surface area (Å²) in [5, 5.41) is 2.85. The Morgan fingerprint density at radius 2 is 1.96 bits per heavy atom. The minimum atomic E-state index is 0.00610. The van der Waals surface area contributed by atoms with Crippen molar-refractivity contribution in [1.29, 1.82) is 0 Å². The van der Waals surface area contributed by atoms with E-state index in [2.05, 4.69) is 15.2 Å². The Labute approximate surface area is 143 Å². The van der Waals surface area contributed by atoms with Gasteiger partial charge in [-0.25, -0.2) is 4.98 Å².